The number of carbonyl (C=O) groups excluding carboxylic acids is 1. The van der Waals surface area contributed by atoms with Crippen LogP contribution in [0.25, 0.3) is 0 Å². The summed E-state index contributed by atoms with van der Waals surface area (Å²) in [6.07, 6.45) is 0. The van der Waals surface area contributed by atoms with E-state index in [0.29, 0.717) is 0 Å². The van der Waals surface area contributed by atoms with Crippen LogP contribution in [0.5, 0.6) is 0 Å². The first kappa shape index (κ1) is 21.5. The Morgan fingerprint density at radius 2 is 1.86 bits per heavy atom. The first-order valence-electron chi connectivity index (χ1n) is 8.27. The zero-order chi connectivity index (χ0) is 20.9. The highest BCUT2D eigenvalue weighted by atomic mass is 32.2. The molecule has 0 bridgehead atoms. The molecular formula is C19H18F2N2O4S. The Bertz CT molecular complexity index is 1020. The molecule has 2 aromatic rings. The second-order valence-corrected chi connectivity index (χ2v) is 7.98. The van der Waals surface area contributed by atoms with Crippen molar-refractivity contribution in [2.45, 2.75) is 31.4 Å². The minimum absolute atomic E-state index is 0.0214. The Balaban J connectivity index is 2.17. The van der Waals surface area contributed by atoms with Gasteiger partial charge in [-0.25, -0.2) is 17.2 Å². The minimum atomic E-state index is -4.32. The highest BCUT2D eigenvalue weighted by molar-refractivity contribution is 7.89. The number of hydrogen-bond acceptors (Lipinski definition) is 5. The third kappa shape index (κ3) is 5.12. The number of nitrogens with one attached hydrogen (secondary N) is 1. The number of sulfonamides is 1. The van der Waals surface area contributed by atoms with Crippen molar-refractivity contribution in [3.05, 3.63) is 65.2 Å². The summed E-state index contributed by atoms with van der Waals surface area (Å²) in [5.74, 6) is -3.10. The Morgan fingerprint density at radius 1 is 1.18 bits per heavy atom. The second kappa shape index (κ2) is 8.91. The Morgan fingerprint density at radius 3 is 2.46 bits per heavy atom. The normalized spacial score (nSPS) is 12.4. The highest BCUT2D eigenvalue weighted by Gasteiger charge is 2.31. The van der Waals surface area contributed by atoms with E-state index in [9.17, 15) is 22.0 Å². The van der Waals surface area contributed by atoms with Crippen LogP contribution in [0.4, 0.5) is 8.78 Å². The van der Waals surface area contributed by atoms with Gasteiger partial charge >= 0.3 is 5.97 Å². The topological polar surface area (TPSA) is 96.3 Å². The predicted molar refractivity (Wildman–Crippen MR) is 96.3 cm³/mol. The molecule has 148 valence electrons. The van der Waals surface area contributed by atoms with Crippen LogP contribution >= 0.6 is 0 Å². The van der Waals surface area contributed by atoms with Crippen LogP contribution in [0.15, 0.2) is 47.4 Å². The summed E-state index contributed by atoms with van der Waals surface area (Å²) in [6, 6.07) is 8.87. The number of halogens is 2. The third-order valence-corrected chi connectivity index (χ3v) is 5.35. The number of nitriles is 1. The van der Waals surface area contributed by atoms with E-state index in [-0.39, 0.29) is 11.1 Å². The molecule has 0 aliphatic rings. The molecule has 0 fully saturated rings. The van der Waals surface area contributed by atoms with E-state index < -0.39 is 51.1 Å². The lowest BCUT2D eigenvalue weighted by atomic mass is 10.1. The smallest absolute Gasteiger partial charge is 0.324 e. The zero-order valence-electron chi connectivity index (χ0n) is 15.1. The van der Waals surface area contributed by atoms with Gasteiger partial charge in [0.15, 0.2) is 0 Å². The first-order chi connectivity index (χ1) is 13.2. The lowest BCUT2D eigenvalue weighted by Gasteiger charge is -2.21. The molecular weight excluding hydrogens is 390 g/mol. The fourth-order valence-corrected chi connectivity index (χ4v) is 3.76. The van der Waals surface area contributed by atoms with Crippen molar-refractivity contribution in [3.63, 3.8) is 0 Å². The predicted octanol–water partition coefficient (Wildman–Crippen LogP) is 2.88. The van der Waals surface area contributed by atoms with Crippen molar-refractivity contribution < 1.29 is 26.7 Å². The molecule has 1 atom stereocenters. The molecule has 0 heterocycles. The molecule has 28 heavy (non-hydrogen) atoms. The van der Waals surface area contributed by atoms with Crippen LogP contribution in [0.2, 0.25) is 0 Å². The van der Waals surface area contributed by atoms with E-state index >= 15 is 0 Å². The molecule has 9 heteroatoms. The van der Waals surface area contributed by atoms with Crippen molar-refractivity contribution in [1.82, 2.24) is 4.72 Å². The third-order valence-electron chi connectivity index (χ3n) is 3.87. The fourth-order valence-electron chi connectivity index (χ4n) is 2.34. The molecule has 2 rings (SSSR count). The molecule has 0 saturated heterocycles. The average Bonchev–Trinajstić information content (AvgIpc) is 2.65. The molecule has 0 spiro atoms. The van der Waals surface area contributed by atoms with Crippen molar-refractivity contribution in [2.75, 3.05) is 0 Å². The summed E-state index contributed by atoms with van der Waals surface area (Å²) in [5.41, 5.74) is 0.167. The number of nitrogens with zero attached hydrogens (tertiary/aromatic N) is 1. The van der Waals surface area contributed by atoms with Crippen LogP contribution in [-0.4, -0.2) is 20.4 Å². The molecule has 0 unspecified atom stereocenters. The Hall–Kier alpha value is -2.83. The number of hydrogen-bond donors (Lipinski definition) is 1. The van der Waals surface area contributed by atoms with Gasteiger partial charge in [0.1, 0.15) is 29.2 Å². The standard InChI is InChI=1S/C19H18F2N2O4S/c1-12(2)18(23-28(25,26)17-6-4-3-5-16(17)21)19(24)27-11-14-9-13(10-22)7-8-15(14)20/h3-9,12,18,23H,11H2,1-2H3/t18-/m0/s1. The largest absolute Gasteiger partial charge is 0.460 e. The monoisotopic (exact) mass is 408 g/mol. The van der Waals surface area contributed by atoms with Crippen LogP contribution in [0, 0.1) is 28.9 Å². The van der Waals surface area contributed by atoms with Gasteiger partial charge in [0.25, 0.3) is 0 Å². The molecule has 0 amide bonds. The lowest BCUT2D eigenvalue weighted by molar-refractivity contribution is -0.148. The van der Waals surface area contributed by atoms with Crippen LogP contribution in [0.1, 0.15) is 25.0 Å². The minimum Gasteiger partial charge on any atom is -0.460 e. The molecule has 6 nitrogen and oxygen atoms in total. The van der Waals surface area contributed by atoms with Gasteiger partial charge < -0.3 is 4.74 Å². The zero-order valence-corrected chi connectivity index (χ0v) is 16.0. The van der Waals surface area contributed by atoms with Gasteiger partial charge in [0.2, 0.25) is 10.0 Å². The van der Waals surface area contributed by atoms with Gasteiger partial charge in [0.05, 0.1) is 11.6 Å². The van der Waals surface area contributed by atoms with Gasteiger partial charge in [-0.3, -0.25) is 4.79 Å². The fraction of sp³-hybridized carbons (Fsp3) is 0.263. The summed E-state index contributed by atoms with van der Waals surface area (Å²) < 4.78 is 59.6. The maximum absolute atomic E-state index is 13.8. The molecule has 0 aliphatic heterocycles. The van der Waals surface area contributed by atoms with E-state index in [1.807, 2.05) is 6.07 Å². The molecule has 2 aromatic carbocycles. The summed E-state index contributed by atoms with van der Waals surface area (Å²) in [7, 11) is -4.32. The Labute approximate surface area is 161 Å². The number of esters is 1. The van der Waals surface area contributed by atoms with E-state index in [0.717, 1.165) is 18.2 Å². The maximum atomic E-state index is 13.8. The number of ether oxygens (including phenoxy) is 1. The van der Waals surface area contributed by atoms with Crippen molar-refractivity contribution in [2.24, 2.45) is 5.92 Å². The molecule has 0 aromatic heterocycles. The molecule has 0 radical (unpaired) electrons. The van der Waals surface area contributed by atoms with Crippen molar-refractivity contribution >= 4 is 16.0 Å². The molecule has 1 N–H and O–H groups in total. The molecule has 0 saturated carbocycles. The first-order valence-corrected chi connectivity index (χ1v) is 9.76. The summed E-state index contributed by atoms with van der Waals surface area (Å²) in [5, 5.41) is 8.86. The van der Waals surface area contributed by atoms with E-state index in [1.54, 1.807) is 13.8 Å². The number of carbonyl (C=O) groups is 1. The SMILES string of the molecule is CC(C)[C@H](NS(=O)(=O)c1ccccc1F)C(=O)OCc1cc(C#N)ccc1F. The highest BCUT2D eigenvalue weighted by Crippen LogP contribution is 2.17. The average molecular weight is 408 g/mol. The van der Waals surface area contributed by atoms with E-state index in [4.69, 9.17) is 10.00 Å². The van der Waals surface area contributed by atoms with Crippen LogP contribution in [-0.2, 0) is 26.2 Å². The Kier molecular flexibility index (Phi) is 6.83. The van der Waals surface area contributed by atoms with Gasteiger partial charge in [-0.15, -0.1) is 0 Å². The summed E-state index contributed by atoms with van der Waals surface area (Å²) in [6.45, 7) is 2.67. The molecule has 0 aliphatic carbocycles. The van der Waals surface area contributed by atoms with Gasteiger partial charge in [0, 0.05) is 5.56 Å². The summed E-state index contributed by atoms with van der Waals surface area (Å²) in [4.78, 5) is 11.8. The summed E-state index contributed by atoms with van der Waals surface area (Å²) >= 11 is 0. The second-order valence-electron chi connectivity index (χ2n) is 6.30. The number of rotatable bonds is 7. The number of benzene rings is 2. The maximum Gasteiger partial charge on any atom is 0.324 e. The van der Waals surface area contributed by atoms with Crippen LogP contribution in [0.3, 0.4) is 0 Å². The van der Waals surface area contributed by atoms with Crippen LogP contribution < -0.4 is 4.72 Å². The van der Waals surface area contributed by atoms with Gasteiger partial charge in [-0.05, 0) is 36.2 Å². The van der Waals surface area contributed by atoms with Crippen molar-refractivity contribution in [1.29, 1.82) is 5.26 Å². The quantitative estimate of drug-likeness (QED) is 0.711. The lowest BCUT2D eigenvalue weighted by Crippen LogP contribution is -2.45. The van der Waals surface area contributed by atoms with Crippen molar-refractivity contribution in [3.8, 4) is 6.07 Å². The van der Waals surface area contributed by atoms with Gasteiger partial charge in [-0.2, -0.15) is 9.98 Å². The van der Waals surface area contributed by atoms with Gasteiger partial charge in [-0.1, -0.05) is 26.0 Å². The van der Waals surface area contributed by atoms with E-state index in [1.165, 1.54) is 24.3 Å². The van der Waals surface area contributed by atoms with E-state index in [2.05, 4.69) is 4.72 Å².